The number of thioether (sulfide) groups is 1. The van der Waals surface area contributed by atoms with Crippen LogP contribution >= 0.6 is 23.4 Å². The summed E-state index contributed by atoms with van der Waals surface area (Å²) < 4.78 is 5.85. The second kappa shape index (κ2) is 10.1. The van der Waals surface area contributed by atoms with Gasteiger partial charge in [0, 0.05) is 0 Å². The number of ether oxygens (including phenoxy) is 1. The molecule has 1 atom stereocenters. The Bertz CT molecular complexity index is 1160. The molecule has 0 bridgehead atoms. The molecule has 0 N–H and O–H groups in total. The summed E-state index contributed by atoms with van der Waals surface area (Å²) in [5, 5.41) is 1.13. The van der Waals surface area contributed by atoms with E-state index in [1.165, 1.54) is 11.8 Å². The molecular formula is C26H23ClN2O2S. The zero-order chi connectivity index (χ0) is 22.5. The van der Waals surface area contributed by atoms with Crippen LogP contribution in [-0.4, -0.2) is 17.2 Å². The van der Waals surface area contributed by atoms with Gasteiger partial charge in [0.05, 0.1) is 27.4 Å². The number of para-hydroxylation sites is 2. The van der Waals surface area contributed by atoms with Crippen molar-refractivity contribution in [3.05, 3.63) is 94.4 Å². The minimum atomic E-state index is -0.119. The lowest BCUT2D eigenvalue weighted by atomic mass is 10.2. The molecule has 0 radical (unpaired) electrons. The number of amidine groups is 1. The molecular weight excluding hydrogens is 440 g/mol. The zero-order valence-corrected chi connectivity index (χ0v) is 19.4. The fraction of sp³-hybridized carbons (Fsp3) is 0.154. The van der Waals surface area contributed by atoms with Crippen LogP contribution in [0.5, 0.6) is 5.75 Å². The molecule has 1 aliphatic heterocycles. The Morgan fingerprint density at radius 3 is 2.41 bits per heavy atom. The number of rotatable bonds is 6. The summed E-state index contributed by atoms with van der Waals surface area (Å²) in [7, 11) is 0. The minimum Gasteiger partial charge on any atom is -0.489 e. The van der Waals surface area contributed by atoms with Crippen molar-refractivity contribution < 1.29 is 9.53 Å². The molecule has 6 heteroatoms. The van der Waals surface area contributed by atoms with Crippen molar-refractivity contribution >= 4 is 51.9 Å². The van der Waals surface area contributed by atoms with Crippen molar-refractivity contribution in [2.24, 2.45) is 4.99 Å². The third-order valence-electron chi connectivity index (χ3n) is 4.96. The number of hydrogen-bond donors (Lipinski definition) is 0. The third kappa shape index (κ3) is 5.06. The molecule has 32 heavy (non-hydrogen) atoms. The molecule has 0 unspecified atom stereocenters. The van der Waals surface area contributed by atoms with Gasteiger partial charge in [-0.15, -0.1) is 0 Å². The summed E-state index contributed by atoms with van der Waals surface area (Å²) in [6.45, 7) is 4.07. The highest BCUT2D eigenvalue weighted by atomic mass is 35.5. The highest BCUT2D eigenvalue weighted by Crippen LogP contribution is 2.38. The molecule has 3 aromatic rings. The number of anilines is 1. The molecule has 0 aliphatic carbocycles. The van der Waals surface area contributed by atoms with Crippen molar-refractivity contribution in [3.8, 4) is 5.75 Å². The molecule has 1 heterocycles. The Hall–Kier alpha value is -3.02. The van der Waals surface area contributed by atoms with Crippen molar-refractivity contribution in [2.45, 2.75) is 26.4 Å². The Morgan fingerprint density at radius 2 is 1.75 bits per heavy atom. The molecule has 0 aromatic heterocycles. The van der Waals surface area contributed by atoms with Crippen LogP contribution in [0.25, 0.3) is 6.08 Å². The van der Waals surface area contributed by atoms with Gasteiger partial charge in [0.15, 0.2) is 5.17 Å². The Balaban J connectivity index is 1.68. The van der Waals surface area contributed by atoms with Gasteiger partial charge < -0.3 is 4.74 Å². The maximum absolute atomic E-state index is 13.3. The van der Waals surface area contributed by atoms with Crippen molar-refractivity contribution in [1.29, 1.82) is 0 Å². The molecule has 162 valence electrons. The van der Waals surface area contributed by atoms with E-state index < -0.39 is 0 Å². The number of halogens is 1. The number of carbonyl (C=O) groups excluding carboxylic acids is 1. The van der Waals surface area contributed by atoms with Gasteiger partial charge in [-0.05, 0) is 73.1 Å². The van der Waals surface area contributed by atoms with Crippen LogP contribution in [0.15, 0.2) is 88.8 Å². The lowest BCUT2D eigenvalue weighted by Crippen LogP contribution is -2.28. The van der Waals surface area contributed by atoms with Crippen molar-refractivity contribution in [2.75, 3.05) is 4.90 Å². The fourth-order valence-corrected chi connectivity index (χ4v) is 4.35. The first-order valence-electron chi connectivity index (χ1n) is 10.4. The normalized spacial score (nSPS) is 17.2. The van der Waals surface area contributed by atoms with E-state index in [0.29, 0.717) is 20.8 Å². The minimum absolute atomic E-state index is 0.0832. The van der Waals surface area contributed by atoms with E-state index >= 15 is 0 Å². The molecule has 0 spiro atoms. The van der Waals surface area contributed by atoms with Crippen molar-refractivity contribution in [3.63, 3.8) is 0 Å². The maximum atomic E-state index is 13.3. The molecule has 3 aromatic carbocycles. The van der Waals surface area contributed by atoms with Gasteiger partial charge in [-0.3, -0.25) is 9.69 Å². The summed E-state index contributed by atoms with van der Waals surface area (Å²) in [5.41, 5.74) is 2.40. The summed E-state index contributed by atoms with van der Waals surface area (Å²) in [6.07, 6.45) is 2.82. The Labute approximate surface area is 197 Å². The average molecular weight is 463 g/mol. The van der Waals surface area contributed by atoms with Crippen molar-refractivity contribution in [1.82, 2.24) is 0 Å². The smallest absolute Gasteiger partial charge is 0.271 e. The number of hydrogen-bond acceptors (Lipinski definition) is 4. The summed E-state index contributed by atoms with van der Waals surface area (Å²) >= 11 is 7.78. The average Bonchev–Trinajstić information content (AvgIpc) is 3.11. The van der Waals surface area contributed by atoms with E-state index in [1.807, 2.05) is 91.9 Å². The molecule has 4 rings (SSSR count). The van der Waals surface area contributed by atoms with Gasteiger partial charge in [-0.25, -0.2) is 4.99 Å². The predicted molar refractivity (Wildman–Crippen MR) is 135 cm³/mol. The van der Waals surface area contributed by atoms with Crippen LogP contribution in [0.2, 0.25) is 5.02 Å². The summed E-state index contributed by atoms with van der Waals surface area (Å²) in [4.78, 5) is 20.3. The maximum Gasteiger partial charge on any atom is 0.271 e. The third-order valence-corrected chi connectivity index (χ3v) is 6.22. The molecule has 1 fully saturated rings. The van der Waals surface area contributed by atoms with Crippen LogP contribution in [0, 0.1) is 0 Å². The number of nitrogens with zero attached hydrogens (tertiary/aromatic N) is 2. The topological polar surface area (TPSA) is 41.9 Å². The van der Waals surface area contributed by atoms with E-state index in [2.05, 4.69) is 6.92 Å². The van der Waals surface area contributed by atoms with E-state index in [1.54, 1.807) is 4.90 Å². The Morgan fingerprint density at radius 1 is 1.06 bits per heavy atom. The predicted octanol–water partition coefficient (Wildman–Crippen LogP) is 7.33. The lowest BCUT2D eigenvalue weighted by molar-refractivity contribution is -0.113. The van der Waals surface area contributed by atoms with Crippen LogP contribution in [0.3, 0.4) is 0 Å². The first-order valence-corrected chi connectivity index (χ1v) is 11.6. The largest absolute Gasteiger partial charge is 0.489 e. The van der Waals surface area contributed by atoms with E-state index in [9.17, 15) is 4.79 Å². The SMILES string of the molecule is CC[C@H](C)Oc1ccc(/C=C2\SC(=Nc3ccccc3)N(c3ccccc3)C2=O)cc1Cl. The quantitative estimate of drug-likeness (QED) is 0.360. The standard InChI is InChI=1S/C26H23ClN2O2S/c1-3-18(2)31-23-15-14-19(16-22(23)27)17-24-25(30)29(21-12-8-5-9-13-21)26(32-24)28-20-10-6-4-7-11-20/h4-18H,3H2,1-2H3/b24-17-,28-26?/t18-/m0/s1. The highest BCUT2D eigenvalue weighted by molar-refractivity contribution is 8.19. The van der Waals surface area contributed by atoms with Crippen LogP contribution in [0.4, 0.5) is 11.4 Å². The fourth-order valence-electron chi connectivity index (χ4n) is 3.12. The van der Waals surface area contributed by atoms with Gasteiger partial charge in [-0.1, -0.05) is 61.0 Å². The first kappa shape index (κ1) is 22.2. The number of benzene rings is 3. The summed E-state index contributed by atoms with van der Waals surface area (Å²) in [6, 6.07) is 24.7. The van der Waals surface area contributed by atoms with Crippen LogP contribution in [-0.2, 0) is 4.79 Å². The van der Waals surface area contributed by atoms with Crippen LogP contribution < -0.4 is 9.64 Å². The van der Waals surface area contributed by atoms with Gasteiger partial charge in [-0.2, -0.15) is 0 Å². The van der Waals surface area contributed by atoms with Crippen LogP contribution in [0.1, 0.15) is 25.8 Å². The lowest BCUT2D eigenvalue weighted by Gasteiger charge is -2.15. The monoisotopic (exact) mass is 462 g/mol. The van der Waals surface area contributed by atoms with E-state index in [4.69, 9.17) is 21.3 Å². The van der Waals surface area contributed by atoms with E-state index in [0.717, 1.165) is 23.4 Å². The Kier molecular flexibility index (Phi) is 6.98. The van der Waals surface area contributed by atoms with Gasteiger partial charge in [0.1, 0.15) is 5.75 Å². The van der Waals surface area contributed by atoms with Gasteiger partial charge in [0.2, 0.25) is 0 Å². The molecule has 0 saturated carbocycles. The van der Waals surface area contributed by atoms with Gasteiger partial charge in [0.25, 0.3) is 5.91 Å². The molecule has 4 nitrogen and oxygen atoms in total. The molecule has 1 amide bonds. The van der Waals surface area contributed by atoms with Gasteiger partial charge >= 0.3 is 0 Å². The van der Waals surface area contributed by atoms with E-state index in [-0.39, 0.29) is 12.0 Å². The zero-order valence-electron chi connectivity index (χ0n) is 17.9. The molecule has 1 aliphatic rings. The first-order chi connectivity index (χ1) is 15.5. The number of aliphatic imine (C=N–C) groups is 1. The number of carbonyl (C=O) groups is 1. The second-order valence-corrected chi connectivity index (χ2v) is 8.76. The highest BCUT2D eigenvalue weighted by Gasteiger charge is 2.34. The second-order valence-electron chi connectivity index (χ2n) is 7.34. The summed E-state index contributed by atoms with van der Waals surface area (Å²) in [5.74, 6) is 0.526. The number of amides is 1. The molecule has 1 saturated heterocycles.